The van der Waals surface area contributed by atoms with Gasteiger partial charge in [-0.25, -0.2) is 14.4 Å². The summed E-state index contributed by atoms with van der Waals surface area (Å²) in [5.74, 6) is 0.999. The third-order valence-electron chi connectivity index (χ3n) is 13.0. The summed E-state index contributed by atoms with van der Waals surface area (Å²) in [6.07, 6.45) is -1.21. The van der Waals surface area contributed by atoms with E-state index < -0.39 is 65.1 Å². The number of esters is 1. The number of aliphatic hydroxyl groups excluding tert-OH is 1. The Morgan fingerprint density at radius 3 is 2.46 bits per heavy atom. The van der Waals surface area contributed by atoms with Crippen molar-refractivity contribution in [3.63, 3.8) is 0 Å². The van der Waals surface area contributed by atoms with Crippen LogP contribution in [0.3, 0.4) is 0 Å². The highest BCUT2D eigenvalue weighted by atomic mass is 32.2. The van der Waals surface area contributed by atoms with Gasteiger partial charge in [0, 0.05) is 40.6 Å². The van der Waals surface area contributed by atoms with Gasteiger partial charge in [-0.05, 0) is 88.9 Å². The predicted octanol–water partition coefficient (Wildman–Crippen LogP) is 5.76. The molecule has 0 aliphatic carbocycles. The average molecular weight is 890 g/mol. The lowest BCUT2D eigenvalue weighted by atomic mass is 9.73. The van der Waals surface area contributed by atoms with Crippen molar-refractivity contribution >= 4 is 30.0 Å². The second-order valence-electron chi connectivity index (χ2n) is 17.5. The summed E-state index contributed by atoms with van der Waals surface area (Å²) in [5, 5.41) is 27.6. The molecule has 3 aromatic carbocycles. The highest BCUT2D eigenvalue weighted by Gasteiger charge is 2.61. The number of fused-ring (bicyclic) bond motifs is 9. The first kappa shape index (κ1) is 42.9. The molecule has 0 amide bonds. The lowest BCUT2D eigenvalue weighted by Gasteiger charge is -2.62. The number of thioether (sulfide) groups is 1. The van der Waals surface area contributed by atoms with Gasteiger partial charge in [0.1, 0.15) is 24.2 Å². The minimum Gasteiger partial charge on any atom is -0.504 e. The van der Waals surface area contributed by atoms with Gasteiger partial charge < -0.3 is 52.8 Å². The van der Waals surface area contributed by atoms with Crippen LogP contribution in [0.2, 0.25) is 0 Å². The summed E-state index contributed by atoms with van der Waals surface area (Å²) >= 11 is 1.39. The highest BCUT2D eigenvalue weighted by molar-refractivity contribution is 7.99. The Morgan fingerprint density at radius 1 is 0.984 bits per heavy atom. The number of aliphatic hydroxyl groups is 1. The molecule has 1 spiro atoms. The van der Waals surface area contributed by atoms with E-state index in [2.05, 4.69) is 16.8 Å². The Morgan fingerprint density at radius 2 is 1.75 bits per heavy atom. The normalized spacial score (nSPS) is 26.9. The van der Waals surface area contributed by atoms with Crippen molar-refractivity contribution in [2.75, 3.05) is 47.0 Å². The molecule has 63 heavy (non-hydrogen) atoms. The number of phenols is 1. The van der Waals surface area contributed by atoms with Gasteiger partial charge in [-0.2, -0.15) is 0 Å². The van der Waals surface area contributed by atoms with Crippen LogP contribution < -0.4 is 33.7 Å². The molecule has 4 bridgehead atoms. The van der Waals surface area contributed by atoms with Crippen LogP contribution in [-0.2, 0) is 37.4 Å². The second-order valence-corrected chi connectivity index (χ2v) is 18.6. The highest BCUT2D eigenvalue weighted by Crippen LogP contribution is 2.64. The van der Waals surface area contributed by atoms with Crippen molar-refractivity contribution in [3.05, 3.63) is 75.5 Å². The van der Waals surface area contributed by atoms with Gasteiger partial charge in [-0.1, -0.05) is 12.6 Å². The van der Waals surface area contributed by atoms with Crippen LogP contribution in [0.1, 0.15) is 82.6 Å². The molecule has 2 saturated heterocycles. The third kappa shape index (κ3) is 6.71. The lowest BCUT2D eigenvalue weighted by molar-refractivity contribution is -0.186. The van der Waals surface area contributed by atoms with Crippen LogP contribution in [0.5, 0.6) is 40.2 Å². The zero-order valence-corrected chi connectivity index (χ0v) is 37.1. The molecule has 7 unspecified atom stereocenters. The smallest absolute Gasteiger partial charge is 0.504 e. The summed E-state index contributed by atoms with van der Waals surface area (Å²) in [7, 11) is 4.88. The van der Waals surface area contributed by atoms with Gasteiger partial charge >= 0.3 is 18.3 Å². The van der Waals surface area contributed by atoms with Crippen LogP contribution in [-0.4, -0.2) is 109 Å². The molecule has 7 aliphatic rings. The van der Waals surface area contributed by atoms with E-state index in [9.17, 15) is 19.8 Å². The van der Waals surface area contributed by atoms with E-state index in [1.54, 1.807) is 39.8 Å². The molecule has 7 atom stereocenters. The maximum atomic E-state index is 15.0. The zero-order chi connectivity index (χ0) is 44.9. The molecule has 3 aromatic rings. The van der Waals surface area contributed by atoms with Crippen molar-refractivity contribution in [2.45, 2.75) is 94.2 Å². The Kier molecular flexibility index (Phi) is 10.7. The van der Waals surface area contributed by atoms with Gasteiger partial charge in [0.15, 0.2) is 40.0 Å². The first-order valence-electron chi connectivity index (χ1n) is 20.7. The van der Waals surface area contributed by atoms with E-state index in [1.165, 1.54) is 26.0 Å². The van der Waals surface area contributed by atoms with Crippen molar-refractivity contribution in [1.29, 1.82) is 0 Å². The van der Waals surface area contributed by atoms with Crippen molar-refractivity contribution < 1.29 is 67.2 Å². The maximum Gasteiger partial charge on any atom is 0.518 e. The SMILES string of the molecule is C=COC(=O)Oc1c(C)c2c(c3c1C1SCC4(NCCc5cc(OC(=O)OC(C)(C)C)c(OC)cc54)C(=O)OCC3N3C(O)C4Cc5cc(C)c(OC)c(O)c5C(C13)N4C)OCO2. The maximum absolute atomic E-state index is 15.0. The van der Waals surface area contributed by atoms with Gasteiger partial charge in [0.05, 0.1) is 43.9 Å². The summed E-state index contributed by atoms with van der Waals surface area (Å²) in [5.41, 5.74) is 2.80. The molecule has 3 N–H and O–H groups in total. The number of carbonyl (C=O) groups excluding carboxylic acids is 3. The van der Waals surface area contributed by atoms with E-state index in [1.807, 2.05) is 24.9 Å². The molecule has 10 rings (SSSR count). The number of ether oxygens (including phenoxy) is 9. The monoisotopic (exact) mass is 889 g/mol. The number of rotatable bonds is 5. The summed E-state index contributed by atoms with van der Waals surface area (Å²) in [6.45, 7) is 12.3. The summed E-state index contributed by atoms with van der Waals surface area (Å²) < 4.78 is 52.5. The van der Waals surface area contributed by atoms with E-state index in [0.29, 0.717) is 64.5 Å². The number of phenolic OH excluding ortho intramolecular Hbond substituents is 1. The van der Waals surface area contributed by atoms with Gasteiger partial charge in [-0.15, -0.1) is 11.8 Å². The molecular formula is C45H51N3O14S. The fourth-order valence-electron chi connectivity index (χ4n) is 10.5. The molecule has 2 fully saturated rings. The number of hydrogen-bond acceptors (Lipinski definition) is 18. The van der Waals surface area contributed by atoms with E-state index >= 15 is 4.79 Å². The quantitative estimate of drug-likeness (QED) is 0.121. The number of aromatic hydroxyl groups is 1. The zero-order valence-electron chi connectivity index (χ0n) is 36.3. The minimum absolute atomic E-state index is 0.00694. The van der Waals surface area contributed by atoms with Gasteiger partial charge in [-0.3, -0.25) is 15.1 Å². The summed E-state index contributed by atoms with van der Waals surface area (Å²) in [6, 6.07) is 2.79. The molecular weight excluding hydrogens is 839 g/mol. The number of nitrogens with zero attached hydrogens (tertiary/aromatic N) is 2. The molecule has 0 saturated carbocycles. The van der Waals surface area contributed by atoms with Gasteiger partial charge in [0.2, 0.25) is 6.79 Å². The third-order valence-corrected chi connectivity index (χ3v) is 14.4. The molecule has 0 radical (unpaired) electrons. The lowest BCUT2D eigenvalue weighted by Crippen LogP contribution is -2.70. The molecule has 18 heteroatoms. The number of methoxy groups -OCH3 is 2. The first-order valence-corrected chi connectivity index (χ1v) is 21.8. The first-order chi connectivity index (χ1) is 30.0. The molecule has 7 heterocycles. The average Bonchev–Trinajstić information content (AvgIpc) is 3.72. The number of likely N-dealkylation sites (N-methyl/N-ethyl adjacent to an activating group) is 1. The standard InChI is InChI=1S/C45H51N3O14S/c1-10-56-42(52)61-36-21(3)37-38(59-19-58-37)30-26-17-57-41(51)45(24-16-27(54-8)28(15-22(24)11-12-46-45)60-43(53)62-44(4,5)6)18-63-39(31(30)36)33-32-29-23(13-20(2)35(55-9)34(29)49)14-25(47(32)7)40(50)48(26)33/h10,13,15-16,25-26,32-33,39-40,46,49-50H,1,11-12,14,17-19H2,2-9H3. The fourth-order valence-corrected chi connectivity index (χ4v) is 12.1. The molecule has 0 aromatic heterocycles. The van der Waals surface area contributed by atoms with E-state index in [-0.39, 0.29) is 42.2 Å². The number of hydrogen-bond donors (Lipinski definition) is 3. The Bertz CT molecular complexity index is 2440. The largest absolute Gasteiger partial charge is 0.518 e. The fraction of sp³-hybridized carbons (Fsp3) is 0.489. The summed E-state index contributed by atoms with van der Waals surface area (Å²) in [4.78, 5) is 45.2. The second kappa shape index (κ2) is 15.7. The van der Waals surface area contributed by atoms with Gasteiger partial charge in [0.25, 0.3) is 0 Å². The molecule has 17 nitrogen and oxygen atoms in total. The van der Waals surface area contributed by atoms with Crippen LogP contribution in [0, 0.1) is 13.8 Å². The Labute approximate surface area is 368 Å². The van der Waals surface area contributed by atoms with E-state index in [0.717, 1.165) is 23.0 Å². The predicted molar refractivity (Wildman–Crippen MR) is 226 cm³/mol. The van der Waals surface area contributed by atoms with Crippen molar-refractivity contribution in [3.8, 4) is 40.2 Å². The molecule has 336 valence electrons. The number of nitrogens with one attached hydrogen (secondary N) is 1. The number of benzene rings is 3. The Hall–Kier alpha value is -5.40. The topological polar surface area (TPSA) is 193 Å². The number of piperazine rings is 1. The van der Waals surface area contributed by atoms with E-state index in [4.69, 9.17) is 42.6 Å². The number of aryl methyl sites for hydroxylation is 1. The number of carbonyl (C=O) groups is 3. The van der Waals surface area contributed by atoms with Crippen LogP contribution >= 0.6 is 11.8 Å². The van der Waals surface area contributed by atoms with Crippen molar-refractivity contribution in [1.82, 2.24) is 15.1 Å². The molecule has 7 aliphatic heterocycles. The van der Waals surface area contributed by atoms with Crippen LogP contribution in [0.25, 0.3) is 0 Å². The van der Waals surface area contributed by atoms with Crippen molar-refractivity contribution in [2.24, 2.45) is 0 Å². The minimum atomic E-state index is -1.48. The Balaban J connectivity index is 1.26. The van der Waals surface area contributed by atoms with Crippen LogP contribution in [0.15, 0.2) is 31.0 Å². The van der Waals surface area contributed by atoms with Crippen LogP contribution in [0.4, 0.5) is 9.59 Å².